The normalized spacial score (nSPS) is 26.6. The molecule has 3 nitrogen and oxygen atoms in total. The highest BCUT2D eigenvalue weighted by molar-refractivity contribution is 5.38. The van der Waals surface area contributed by atoms with E-state index in [9.17, 15) is 5.11 Å². The van der Waals surface area contributed by atoms with Crippen LogP contribution >= 0.6 is 0 Å². The minimum absolute atomic E-state index is 0.390. The number of aromatic hydroxyl groups is 1. The number of likely N-dealkylation sites (N-methyl/N-ethyl adjacent to an activating group) is 1. The summed E-state index contributed by atoms with van der Waals surface area (Å²) in [6.07, 6.45) is 6.31. The Bertz CT molecular complexity index is 440. The van der Waals surface area contributed by atoms with Gasteiger partial charge in [0.05, 0.1) is 6.10 Å². The standard InChI is InChI=1S/C16H23NO2/c1-17(11-14-5-3-9-19-14)16-6-2-4-12-10-13(18)7-8-15(12)16/h7-8,10,14,16,18H,2-6,9,11H2,1H3. The zero-order chi connectivity index (χ0) is 13.2. The Morgan fingerprint density at radius 3 is 3.00 bits per heavy atom. The minimum Gasteiger partial charge on any atom is -0.508 e. The van der Waals surface area contributed by atoms with Crippen LogP contribution in [-0.2, 0) is 11.2 Å². The van der Waals surface area contributed by atoms with Crippen LogP contribution in [0, 0.1) is 0 Å². The highest BCUT2D eigenvalue weighted by Crippen LogP contribution is 2.35. The lowest BCUT2D eigenvalue weighted by atomic mass is 9.86. The molecular formula is C16H23NO2. The van der Waals surface area contributed by atoms with Gasteiger partial charge in [0.25, 0.3) is 0 Å². The number of rotatable bonds is 3. The Hall–Kier alpha value is -1.06. The average molecular weight is 261 g/mol. The van der Waals surface area contributed by atoms with Crippen LogP contribution in [0.3, 0.4) is 0 Å². The molecule has 3 heteroatoms. The van der Waals surface area contributed by atoms with Crippen LogP contribution in [-0.4, -0.2) is 36.3 Å². The van der Waals surface area contributed by atoms with Crippen molar-refractivity contribution in [3.63, 3.8) is 0 Å². The van der Waals surface area contributed by atoms with E-state index in [4.69, 9.17) is 4.74 Å². The fourth-order valence-corrected chi connectivity index (χ4v) is 3.47. The molecule has 1 aromatic carbocycles. The lowest BCUT2D eigenvalue weighted by Gasteiger charge is -2.34. The number of ether oxygens (including phenoxy) is 1. The summed E-state index contributed by atoms with van der Waals surface area (Å²) in [7, 11) is 2.20. The van der Waals surface area contributed by atoms with Gasteiger partial charge in [-0.05, 0) is 62.4 Å². The summed E-state index contributed by atoms with van der Waals surface area (Å²) in [5, 5.41) is 9.61. The van der Waals surface area contributed by atoms with E-state index in [-0.39, 0.29) is 0 Å². The monoisotopic (exact) mass is 261 g/mol. The molecular weight excluding hydrogens is 238 g/mol. The highest BCUT2D eigenvalue weighted by Gasteiger charge is 2.26. The second kappa shape index (κ2) is 5.51. The molecule has 1 N–H and O–H groups in total. The van der Waals surface area contributed by atoms with Gasteiger partial charge in [-0.3, -0.25) is 4.90 Å². The molecule has 0 radical (unpaired) electrons. The van der Waals surface area contributed by atoms with Crippen molar-refractivity contribution in [3.05, 3.63) is 29.3 Å². The summed E-state index contributed by atoms with van der Waals surface area (Å²) in [5.41, 5.74) is 2.71. The number of nitrogens with zero attached hydrogens (tertiary/aromatic N) is 1. The van der Waals surface area contributed by atoms with E-state index in [0.29, 0.717) is 17.9 Å². The van der Waals surface area contributed by atoms with Gasteiger partial charge < -0.3 is 9.84 Å². The summed E-state index contributed by atoms with van der Waals surface area (Å²) in [4.78, 5) is 2.44. The van der Waals surface area contributed by atoms with Gasteiger partial charge in [0.1, 0.15) is 5.75 Å². The predicted molar refractivity (Wildman–Crippen MR) is 75.4 cm³/mol. The molecule has 1 aromatic rings. The molecule has 0 bridgehead atoms. The van der Waals surface area contributed by atoms with E-state index in [2.05, 4.69) is 18.0 Å². The molecule has 104 valence electrons. The Kier molecular flexibility index (Phi) is 3.76. The van der Waals surface area contributed by atoms with Crippen LogP contribution in [0.2, 0.25) is 0 Å². The minimum atomic E-state index is 0.390. The molecule has 2 atom stereocenters. The van der Waals surface area contributed by atoms with Gasteiger partial charge in [-0.1, -0.05) is 6.07 Å². The lowest BCUT2D eigenvalue weighted by molar-refractivity contribution is 0.0647. The molecule has 1 fully saturated rings. The van der Waals surface area contributed by atoms with Crippen molar-refractivity contribution in [3.8, 4) is 5.75 Å². The Morgan fingerprint density at radius 1 is 1.32 bits per heavy atom. The van der Waals surface area contributed by atoms with Crippen LogP contribution in [0.4, 0.5) is 0 Å². The van der Waals surface area contributed by atoms with E-state index >= 15 is 0 Å². The zero-order valence-corrected chi connectivity index (χ0v) is 11.6. The molecule has 2 aliphatic rings. The van der Waals surface area contributed by atoms with Crippen LogP contribution in [0.25, 0.3) is 0 Å². The molecule has 2 unspecified atom stereocenters. The fourth-order valence-electron chi connectivity index (χ4n) is 3.47. The van der Waals surface area contributed by atoms with Crippen molar-refractivity contribution in [1.82, 2.24) is 4.90 Å². The van der Waals surface area contributed by atoms with Crippen LogP contribution in [0.15, 0.2) is 18.2 Å². The van der Waals surface area contributed by atoms with Gasteiger partial charge in [-0.15, -0.1) is 0 Å². The quantitative estimate of drug-likeness (QED) is 0.908. The summed E-state index contributed by atoms with van der Waals surface area (Å²) in [6.45, 7) is 1.94. The van der Waals surface area contributed by atoms with E-state index in [0.717, 1.165) is 19.6 Å². The fraction of sp³-hybridized carbons (Fsp3) is 0.625. The van der Waals surface area contributed by atoms with Gasteiger partial charge in [-0.2, -0.15) is 0 Å². The van der Waals surface area contributed by atoms with Crippen molar-refractivity contribution in [2.45, 2.75) is 44.2 Å². The molecule has 0 spiro atoms. The van der Waals surface area contributed by atoms with Crippen LogP contribution in [0.5, 0.6) is 5.75 Å². The number of hydrogen-bond donors (Lipinski definition) is 1. The predicted octanol–water partition coefficient (Wildman–Crippen LogP) is 2.88. The third kappa shape index (κ3) is 2.77. The van der Waals surface area contributed by atoms with Crippen molar-refractivity contribution >= 4 is 0 Å². The van der Waals surface area contributed by atoms with Crippen LogP contribution in [0.1, 0.15) is 42.9 Å². The summed E-state index contributed by atoms with van der Waals surface area (Å²) in [6, 6.07) is 6.33. The first-order valence-corrected chi connectivity index (χ1v) is 7.37. The van der Waals surface area contributed by atoms with Crippen molar-refractivity contribution in [2.24, 2.45) is 0 Å². The van der Waals surface area contributed by atoms with Gasteiger partial charge >= 0.3 is 0 Å². The molecule has 3 rings (SSSR count). The van der Waals surface area contributed by atoms with Gasteiger partial charge in [-0.25, -0.2) is 0 Å². The first-order valence-electron chi connectivity index (χ1n) is 7.37. The lowest BCUT2D eigenvalue weighted by Crippen LogP contribution is -2.34. The topological polar surface area (TPSA) is 32.7 Å². The summed E-state index contributed by atoms with van der Waals surface area (Å²) >= 11 is 0. The maximum absolute atomic E-state index is 9.61. The maximum Gasteiger partial charge on any atom is 0.115 e. The molecule has 1 heterocycles. The van der Waals surface area contributed by atoms with Crippen molar-refractivity contribution < 1.29 is 9.84 Å². The van der Waals surface area contributed by atoms with Crippen molar-refractivity contribution in [1.29, 1.82) is 0 Å². The largest absolute Gasteiger partial charge is 0.508 e. The second-order valence-electron chi connectivity index (χ2n) is 5.87. The molecule has 1 aliphatic heterocycles. The molecule has 0 amide bonds. The van der Waals surface area contributed by atoms with Crippen LogP contribution < -0.4 is 0 Å². The highest BCUT2D eigenvalue weighted by atomic mass is 16.5. The van der Waals surface area contributed by atoms with Gasteiger partial charge in [0.2, 0.25) is 0 Å². The first kappa shape index (κ1) is 12.9. The first-order chi connectivity index (χ1) is 9.24. The number of fused-ring (bicyclic) bond motifs is 1. The van der Waals surface area contributed by atoms with Gasteiger partial charge in [0, 0.05) is 19.2 Å². The summed E-state index contributed by atoms with van der Waals surface area (Å²) in [5.74, 6) is 0.390. The molecule has 1 aliphatic carbocycles. The smallest absolute Gasteiger partial charge is 0.115 e. The van der Waals surface area contributed by atoms with E-state index < -0.39 is 0 Å². The zero-order valence-electron chi connectivity index (χ0n) is 11.6. The molecule has 0 aromatic heterocycles. The maximum atomic E-state index is 9.61. The van der Waals surface area contributed by atoms with Crippen molar-refractivity contribution in [2.75, 3.05) is 20.2 Å². The number of phenols is 1. The molecule has 0 saturated carbocycles. The second-order valence-corrected chi connectivity index (χ2v) is 5.87. The number of aryl methyl sites for hydroxylation is 1. The Morgan fingerprint density at radius 2 is 2.21 bits per heavy atom. The Labute approximate surface area is 115 Å². The van der Waals surface area contributed by atoms with E-state index in [1.807, 2.05) is 12.1 Å². The van der Waals surface area contributed by atoms with E-state index in [1.165, 1.54) is 36.8 Å². The number of hydrogen-bond acceptors (Lipinski definition) is 3. The third-order valence-corrected chi connectivity index (χ3v) is 4.46. The SMILES string of the molecule is CN(CC1CCCO1)C1CCCc2cc(O)ccc21. The van der Waals surface area contributed by atoms with Gasteiger partial charge in [0.15, 0.2) is 0 Å². The third-order valence-electron chi connectivity index (χ3n) is 4.46. The molecule has 1 saturated heterocycles. The summed E-state index contributed by atoms with van der Waals surface area (Å²) < 4.78 is 5.74. The average Bonchev–Trinajstić information content (AvgIpc) is 2.90. The van der Waals surface area contributed by atoms with E-state index in [1.54, 1.807) is 0 Å². The molecule has 19 heavy (non-hydrogen) atoms. The Balaban J connectivity index is 1.74. The number of benzene rings is 1. The number of phenolic OH excluding ortho intramolecular Hbond substituents is 1.